The molecule has 0 saturated heterocycles. The second kappa shape index (κ2) is 6.76. The molecule has 0 aliphatic rings. The highest BCUT2D eigenvalue weighted by atomic mass is 16.5. The number of hydrogen-bond donors (Lipinski definition) is 0. The number of rotatable bonds is 5. The normalized spacial score (nSPS) is 10.1. The highest BCUT2D eigenvalue weighted by Gasteiger charge is 2.11. The number of aryl methyl sites for hydroxylation is 1. The van der Waals surface area contributed by atoms with Gasteiger partial charge in [-0.2, -0.15) is 10.4 Å². The Hall–Kier alpha value is -2.81. The molecule has 0 radical (unpaired) electrons. The zero-order valence-electron chi connectivity index (χ0n) is 12.8. The smallest absolute Gasteiger partial charge is 0.285 e. The molecule has 1 heterocycles. The third kappa shape index (κ3) is 3.26. The van der Waals surface area contributed by atoms with Crippen molar-refractivity contribution in [3.8, 4) is 17.6 Å². The quantitative estimate of drug-likeness (QED) is 0.841. The molecule has 0 saturated carbocycles. The van der Waals surface area contributed by atoms with E-state index in [9.17, 15) is 4.79 Å². The lowest BCUT2D eigenvalue weighted by Gasteiger charge is -2.10. The van der Waals surface area contributed by atoms with Gasteiger partial charge in [-0.05, 0) is 43.7 Å². The first-order valence-electron chi connectivity index (χ1n) is 6.82. The Balaban J connectivity index is 2.07. The van der Waals surface area contributed by atoms with E-state index in [2.05, 4.69) is 5.10 Å². The van der Waals surface area contributed by atoms with E-state index in [4.69, 9.17) is 14.7 Å². The second-order valence-electron chi connectivity index (χ2n) is 4.75. The van der Waals surface area contributed by atoms with Crippen LogP contribution in [0.5, 0.6) is 11.5 Å². The van der Waals surface area contributed by atoms with Crippen molar-refractivity contribution in [1.29, 1.82) is 5.26 Å². The molecule has 1 aromatic carbocycles. The number of nitrogens with zero attached hydrogens (tertiary/aromatic N) is 3. The Morgan fingerprint density at radius 3 is 2.45 bits per heavy atom. The Labute approximate surface area is 128 Å². The summed E-state index contributed by atoms with van der Waals surface area (Å²) in [6, 6.07) is 9.10. The largest absolute Gasteiger partial charge is 0.497 e. The van der Waals surface area contributed by atoms with E-state index in [0.29, 0.717) is 17.0 Å². The molecule has 22 heavy (non-hydrogen) atoms. The maximum atomic E-state index is 12.1. The molecule has 6 nitrogen and oxygen atoms in total. The topological polar surface area (TPSA) is 77.1 Å². The average molecular weight is 299 g/mol. The summed E-state index contributed by atoms with van der Waals surface area (Å²) >= 11 is 0. The van der Waals surface area contributed by atoms with Crippen molar-refractivity contribution in [3.05, 3.63) is 51.4 Å². The van der Waals surface area contributed by atoms with Crippen molar-refractivity contribution in [2.24, 2.45) is 0 Å². The molecule has 0 spiro atoms. The molecule has 0 fully saturated rings. The Bertz CT molecular complexity index is 758. The van der Waals surface area contributed by atoms with Gasteiger partial charge in [0.05, 0.1) is 19.3 Å². The van der Waals surface area contributed by atoms with Crippen molar-refractivity contribution in [3.63, 3.8) is 0 Å². The van der Waals surface area contributed by atoms with Gasteiger partial charge in [-0.3, -0.25) is 4.79 Å². The summed E-state index contributed by atoms with van der Waals surface area (Å²) in [7, 11) is 1.60. The lowest BCUT2D eigenvalue weighted by Crippen LogP contribution is -2.29. The molecular formula is C16H17N3O3. The van der Waals surface area contributed by atoms with Crippen LogP contribution in [0.15, 0.2) is 29.1 Å². The first-order chi connectivity index (χ1) is 10.6. The molecular weight excluding hydrogens is 282 g/mol. The summed E-state index contributed by atoms with van der Waals surface area (Å²) in [4.78, 5) is 12.1. The second-order valence-corrected chi connectivity index (χ2v) is 4.75. The van der Waals surface area contributed by atoms with Gasteiger partial charge in [0.25, 0.3) is 5.56 Å². The molecule has 2 rings (SSSR count). The molecule has 0 bridgehead atoms. The van der Waals surface area contributed by atoms with Crippen molar-refractivity contribution >= 4 is 0 Å². The summed E-state index contributed by atoms with van der Waals surface area (Å²) < 4.78 is 11.9. The number of nitriles is 1. The summed E-state index contributed by atoms with van der Waals surface area (Å²) in [6.45, 7) is 4.06. The fourth-order valence-corrected chi connectivity index (χ4v) is 1.98. The molecule has 0 unspecified atom stereocenters. The number of aromatic nitrogens is 2. The predicted molar refractivity (Wildman–Crippen MR) is 81.2 cm³/mol. The van der Waals surface area contributed by atoms with Gasteiger partial charge in [-0.25, -0.2) is 4.68 Å². The third-order valence-electron chi connectivity index (χ3n) is 3.38. The fourth-order valence-electron chi connectivity index (χ4n) is 1.98. The average Bonchev–Trinajstić information content (AvgIpc) is 2.53. The van der Waals surface area contributed by atoms with Crippen LogP contribution in [-0.2, 0) is 6.54 Å². The first kappa shape index (κ1) is 15.6. The summed E-state index contributed by atoms with van der Waals surface area (Å²) in [5, 5.41) is 13.3. The van der Waals surface area contributed by atoms with Gasteiger partial charge in [0.2, 0.25) is 0 Å². The van der Waals surface area contributed by atoms with Gasteiger partial charge < -0.3 is 9.47 Å². The van der Waals surface area contributed by atoms with E-state index in [0.717, 1.165) is 5.75 Å². The monoisotopic (exact) mass is 299 g/mol. The van der Waals surface area contributed by atoms with E-state index < -0.39 is 0 Å². The Kier molecular flexibility index (Phi) is 4.79. The molecule has 2 aromatic rings. The summed E-state index contributed by atoms with van der Waals surface area (Å²) in [6.07, 6.45) is 0. The lowest BCUT2D eigenvalue weighted by molar-refractivity contribution is 0.286. The van der Waals surface area contributed by atoms with Crippen molar-refractivity contribution in [1.82, 2.24) is 9.78 Å². The van der Waals surface area contributed by atoms with Gasteiger partial charge >= 0.3 is 0 Å². The van der Waals surface area contributed by atoms with E-state index in [1.807, 2.05) is 6.07 Å². The van der Waals surface area contributed by atoms with E-state index in [1.54, 1.807) is 45.2 Å². The zero-order valence-corrected chi connectivity index (χ0v) is 12.8. The molecule has 114 valence electrons. The standard InChI is InChI=1S/C16H17N3O3/c1-11-12(2)18-19(16(20)15(11)10-17)8-9-22-14-6-4-13(21-3)5-7-14/h4-7H,8-9H2,1-3H3. The minimum absolute atomic E-state index is 0.136. The highest BCUT2D eigenvalue weighted by molar-refractivity contribution is 5.36. The summed E-state index contributed by atoms with van der Waals surface area (Å²) in [5.41, 5.74) is 1.04. The molecule has 6 heteroatoms. The van der Waals surface area contributed by atoms with Gasteiger partial charge in [0.1, 0.15) is 29.7 Å². The fraction of sp³-hybridized carbons (Fsp3) is 0.312. The SMILES string of the molecule is COc1ccc(OCCn2nc(C)c(C)c(C#N)c2=O)cc1. The van der Waals surface area contributed by atoms with Crippen LogP contribution in [0.25, 0.3) is 0 Å². The maximum Gasteiger partial charge on any atom is 0.285 e. The maximum absolute atomic E-state index is 12.1. The number of hydrogen-bond acceptors (Lipinski definition) is 5. The van der Waals surface area contributed by atoms with Crippen LogP contribution in [0.1, 0.15) is 16.8 Å². The summed E-state index contributed by atoms with van der Waals surface area (Å²) in [5.74, 6) is 1.43. The van der Waals surface area contributed by atoms with Crippen molar-refractivity contribution in [2.45, 2.75) is 20.4 Å². The van der Waals surface area contributed by atoms with E-state index >= 15 is 0 Å². The van der Waals surface area contributed by atoms with Gasteiger partial charge in [0.15, 0.2) is 0 Å². The predicted octanol–water partition coefficient (Wildman–Crippen LogP) is 1.82. The van der Waals surface area contributed by atoms with Crippen molar-refractivity contribution < 1.29 is 9.47 Å². The van der Waals surface area contributed by atoms with Crippen LogP contribution >= 0.6 is 0 Å². The lowest BCUT2D eigenvalue weighted by atomic mass is 10.1. The highest BCUT2D eigenvalue weighted by Crippen LogP contribution is 2.16. The number of ether oxygens (including phenoxy) is 2. The van der Waals surface area contributed by atoms with Crippen LogP contribution in [0.2, 0.25) is 0 Å². The number of methoxy groups -OCH3 is 1. The Morgan fingerprint density at radius 1 is 1.23 bits per heavy atom. The van der Waals surface area contributed by atoms with Crippen LogP contribution in [-0.4, -0.2) is 23.5 Å². The van der Waals surface area contributed by atoms with Gasteiger partial charge in [-0.15, -0.1) is 0 Å². The molecule has 0 N–H and O–H groups in total. The molecule has 1 aromatic heterocycles. The van der Waals surface area contributed by atoms with E-state index in [1.165, 1.54) is 4.68 Å². The third-order valence-corrected chi connectivity index (χ3v) is 3.38. The first-order valence-corrected chi connectivity index (χ1v) is 6.82. The Morgan fingerprint density at radius 2 is 1.86 bits per heavy atom. The number of benzene rings is 1. The molecule has 0 aliphatic carbocycles. The van der Waals surface area contributed by atoms with Crippen LogP contribution < -0.4 is 15.0 Å². The van der Waals surface area contributed by atoms with Gasteiger partial charge in [-0.1, -0.05) is 0 Å². The molecule has 0 amide bonds. The minimum Gasteiger partial charge on any atom is -0.497 e. The molecule has 0 aliphatic heterocycles. The zero-order chi connectivity index (χ0) is 16.1. The van der Waals surface area contributed by atoms with Gasteiger partial charge in [0, 0.05) is 0 Å². The molecule has 0 atom stereocenters. The minimum atomic E-state index is -0.385. The van der Waals surface area contributed by atoms with Crippen LogP contribution in [0.3, 0.4) is 0 Å². The van der Waals surface area contributed by atoms with Crippen LogP contribution in [0, 0.1) is 25.2 Å². The van der Waals surface area contributed by atoms with E-state index in [-0.39, 0.29) is 24.3 Å². The van der Waals surface area contributed by atoms with Crippen LogP contribution in [0.4, 0.5) is 0 Å². The van der Waals surface area contributed by atoms with Crippen molar-refractivity contribution in [2.75, 3.05) is 13.7 Å².